The summed E-state index contributed by atoms with van der Waals surface area (Å²) in [5, 5.41) is 21.5. The van der Waals surface area contributed by atoms with E-state index >= 15 is 0 Å². The zero-order valence-corrected chi connectivity index (χ0v) is 16.1. The lowest BCUT2D eigenvalue weighted by molar-refractivity contribution is 0.417. The maximum atomic E-state index is 9.47. The number of aromatic nitrogens is 2. The predicted molar refractivity (Wildman–Crippen MR) is 106 cm³/mol. The highest BCUT2D eigenvalue weighted by Crippen LogP contribution is 2.33. The highest BCUT2D eigenvalue weighted by atomic mass is 32.2. The van der Waals surface area contributed by atoms with E-state index in [4.69, 9.17) is 4.74 Å². The van der Waals surface area contributed by atoms with Gasteiger partial charge in [-0.1, -0.05) is 65.1 Å². The molecule has 2 aromatic carbocycles. The van der Waals surface area contributed by atoms with Gasteiger partial charge in [0.2, 0.25) is 5.13 Å². The van der Waals surface area contributed by atoms with E-state index in [9.17, 15) is 5.26 Å². The lowest BCUT2D eigenvalue weighted by Crippen LogP contribution is -2.03. The summed E-state index contributed by atoms with van der Waals surface area (Å²) in [6, 6.07) is 18.2. The second kappa shape index (κ2) is 8.70. The highest BCUT2D eigenvalue weighted by molar-refractivity contribution is 8.01. The smallest absolute Gasteiger partial charge is 0.210 e. The van der Waals surface area contributed by atoms with Gasteiger partial charge in [-0.05, 0) is 31.0 Å². The molecule has 0 unspecified atom stereocenters. The number of ether oxygens (including phenoxy) is 1. The van der Waals surface area contributed by atoms with E-state index in [1.165, 1.54) is 28.7 Å². The normalized spacial score (nSPS) is 11.6. The Morgan fingerprint density at radius 3 is 2.69 bits per heavy atom. The van der Waals surface area contributed by atoms with Crippen LogP contribution in [0, 0.1) is 18.3 Å². The van der Waals surface area contributed by atoms with Gasteiger partial charge in [0.1, 0.15) is 11.0 Å². The first kappa shape index (κ1) is 18.2. The largest absolute Gasteiger partial charge is 0.495 e. The summed E-state index contributed by atoms with van der Waals surface area (Å²) in [7, 11) is 1.63. The van der Waals surface area contributed by atoms with Crippen LogP contribution < -0.4 is 10.1 Å². The molecule has 0 radical (unpaired) electrons. The quantitative estimate of drug-likeness (QED) is 0.590. The van der Waals surface area contributed by atoms with E-state index in [0.29, 0.717) is 11.6 Å². The molecule has 132 valence electrons. The maximum Gasteiger partial charge on any atom is 0.210 e. The van der Waals surface area contributed by atoms with Gasteiger partial charge >= 0.3 is 0 Å². The third-order valence-corrected chi connectivity index (χ3v) is 5.70. The number of anilines is 2. The standard InChI is InChI=1S/C19H18N4OS2/c1-13-7-9-14(10-8-13)11-15(12-20)25-19-23-22-18(26-19)21-16-5-3-4-6-17(16)24-2/h3-10,15H,11H2,1-2H3,(H,21,22)/t15-/m0/s1. The average molecular weight is 383 g/mol. The second-order valence-electron chi connectivity index (χ2n) is 5.62. The molecule has 1 N–H and O–H groups in total. The van der Waals surface area contributed by atoms with Crippen LogP contribution in [-0.4, -0.2) is 22.6 Å². The number of thioether (sulfide) groups is 1. The van der Waals surface area contributed by atoms with Crippen molar-refractivity contribution in [2.24, 2.45) is 0 Å². The Morgan fingerprint density at radius 1 is 1.19 bits per heavy atom. The van der Waals surface area contributed by atoms with Crippen molar-refractivity contribution in [1.82, 2.24) is 10.2 Å². The third kappa shape index (κ3) is 4.75. The van der Waals surface area contributed by atoms with Gasteiger partial charge in [0, 0.05) is 0 Å². The lowest BCUT2D eigenvalue weighted by Gasteiger charge is -2.08. The number of benzene rings is 2. The van der Waals surface area contributed by atoms with Crippen molar-refractivity contribution < 1.29 is 4.74 Å². The topological polar surface area (TPSA) is 70.8 Å². The minimum Gasteiger partial charge on any atom is -0.495 e. The van der Waals surface area contributed by atoms with Crippen molar-refractivity contribution in [1.29, 1.82) is 5.26 Å². The highest BCUT2D eigenvalue weighted by Gasteiger charge is 2.15. The molecule has 0 fully saturated rings. The molecule has 0 spiro atoms. The average Bonchev–Trinajstić information content (AvgIpc) is 3.10. The summed E-state index contributed by atoms with van der Waals surface area (Å²) < 4.78 is 6.09. The minimum atomic E-state index is -0.204. The molecule has 0 aliphatic carbocycles. The molecule has 1 atom stereocenters. The van der Waals surface area contributed by atoms with E-state index in [1.54, 1.807) is 7.11 Å². The first-order valence-electron chi connectivity index (χ1n) is 8.03. The minimum absolute atomic E-state index is 0.204. The Bertz CT molecular complexity index is 902. The van der Waals surface area contributed by atoms with Crippen LogP contribution in [0.5, 0.6) is 5.75 Å². The van der Waals surface area contributed by atoms with Gasteiger partial charge in [-0.15, -0.1) is 10.2 Å². The molecule has 7 heteroatoms. The fraction of sp³-hybridized carbons (Fsp3) is 0.211. The molecule has 0 saturated heterocycles. The zero-order valence-electron chi connectivity index (χ0n) is 14.5. The molecule has 5 nitrogen and oxygen atoms in total. The SMILES string of the molecule is COc1ccccc1Nc1nnc(S[C@H](C#N)Cc2ccc(C)cc2)s1. The van der Waals surface area contributed by atoms with Crippen LogP contribution in [0.3, 0.4) is 0 Å². The van der Waals surface area contributed by atoms with Crippen molar-refractivity contribution in [2.45, 2.75) is 22.9 Å². The summed E-state index contributed by atoms with van der Waals surface area (Å²) in [4.78, 5) is 0. The van der Waals surface area contributed by atoms with Crippen molar-refractivity contribution in [3.05, 3.63) is 59.7 Å². The maximum absolute atomic E-state index is 9.47. The Kier molecular flexibility index (Phi) is 6.10. The number of rotatable bonds is 7. The summed E-state index contributed by atoms with van der Waals surface area (Å²) in [5.74, 6) is 0.742. The Hall–Kier alpha value is -2.56. The molecule has 0 bridgehead atoms. The fourth-order valence-electron chi connectivity index (χ4n) is 2.34. The van der Waals surface area contributed by atoms with Crippen LogP contribution in [-0.2, 0) is 6.42 Å². The van der Waals surface area contributed by atoms with E-state index in [2.05, 4.69) is 52.8 Å². The summed E-state index contributed by atoms with van der Waals surface area (Å²) in [6.07, 6.45) is 0.677. The Labute approximate surface area is 161 Å². The molecule has 0 amide bonds. The van der Waals surface area contributed by atoms with Gasteiger partial charge in [-0.2, -0.15) is 5.26 Å². The van der Waals surface area contributed by atoms with Gasteiger partial charge in [0.25, 0.3) is 0 Å². The number of hydrogen-bond acceptors (Lipinski definition) is 7. The summed E-state index contributed by atoms with van der Waals surface area (Å²) >= 11 is 2.87. The van der Waals surface area contributed by atoms with Gasteiger partial charge in [0.05, 0.1) is 18.9 Å². The molecular formula is C19H18N4OS2. The van der Waals surface area contributed by atoms with Gasteiger partial charge in [0.15, 0.2) is 4.34 Å². The molecule has 0 aliphatic rings. The number of nitrogens with one attached hydrogen (secondary N) is 1. The van der Waals surface area contributed by atoms with E-state index in [0.717, 1.165) is 21.3 Å². The number of para-hydroxylation sites is 2. The monoisotopic (exact) mass is 382 g/mol. The zero-order chi connectivity index (χ0) is 18.4. The predicted octanol–water partition coefficient (Wildman–Crippen LogP) is 4.83. The Morgan fingerprint density at radius 2 is 1.96 bits per heavy atom. The van der Waals surface area contributed by atoms with Crippen molar-refractivity contribution in [3.8, 4) is 11.8 Å². The van der Waals surface area contributed by atoms with Gasteiger partial charge < -0.3 is 10.1 Å². The molecule has 26 heavy (non-hydrogen) atoms. The van der Waals surface area contributed by atoms with E-state index in [1.807, 2.05) is 24.3 Å². The first-order valence-corrected chi connectivity index (χ1v) is 9.73. The second-order valence-corrected chi connectivity index (χ2v) is 8.05. The number of aryl methyl sites for hydroxylation is 1. The molecule has 3 rings (SSSR count). The van der Waals surface area contributed by atoms with Crippen LogP contribution in [0.15, 0.2) is 52.9 Å². The molecule has 0 aliphatic heterocycles. The number of methoxy groups -OCH3 is 1. The summed E-state index contributed by atoms with van der Waals surface area (Å²) in [6.45, 7) is 2.05. The fourth-order valence-corrected chi connectivity index (χ4v) is 4.27. The molecule has 1 heterocycles. The summed E-state index contributed by atoms with van der Waals surface area (Å²) in [5.41, 5.74) is 3.19. The van der Waals surface area contributed by atoms with Crippen molar-refractivity contribution >= 4 is 33.9 Å². The van der Waals surface area contributed by atoms with E-state index in [-0.39, 0.29) is 5.25 Å². The van der Waals surface area contributed by atoms with Crippen LogP contribution in [0.25, 0.3) is 0 Å². The third-order valence-electron chi connectivity index (χ3n) is 3.68. The van der Waals surface area contributed by atoms with Crippen LogP contribution in [0.2, 0.25) is 0 Å². The van der Waals surface area contributed by atoms with Gasteiger partial charge in [-0.3, -0.25) is 0 Å². The lowest BCUT2D eigenvalue weighted by atomic mass is 10.1. The molecular weight excluding hydrogens is 364 g/mol. The van der Waals surface area contributed by atoms with Crippen LogP contribution in [0.4, 0.5) is 10.8 Å². The van der Waals surface area contributed by atoms with E-state index < -0.39 is 0 Å². The number of nitriles is 1. The number of nitrogens with zero attached hydrogens (tertiary/aromatic N) is 3. The Balaban J connectivity index is 1.65. The molecule has 1 aromatic heterocycles. The van der Waals surface area contributed by atoms with Crippen LogP contribution >= 0.6 is 23.1 Å². The van der Waals surface area contributed by atoms with Crippen molar-refractivity contribution in [3.63, 3.8) is 0 Å². The molecule has 0 saturated carbocycles. The van der Waals surface area contributed by atoms with Crippen LogP contribution in [0.1, 0.15) is 11.1 Å². The molecule has 3 aromatic rings. The van der Waals surface area contributed by atoms with Crippen molar-refractivity contribution in [2.75, 3.05) is 12.4 Å². The van der Waals surface area contributed by atoms with Gasteiger partial charge in [-0.25, -0.2) is 0 Å². The first-order chi connectivity index (χ1) is 12.7. The number of hydrogen-bond donors (Lipinski definition) is 1.